The van der Waals surface area contributed by atoms with Gasteiger partial charge >= 0.3 is 5.97 Å². The van der Waals surface area contributed by atoms with Crippen LogP contribution >= 0.6 is 0 Å². The van der Waals surface area contributed by atoms with E-state index < -0.39 is 5.41 Å². The summed E-state index contributed by atoms with van der Waals surface area (Å²) in [5.74, 6) is -0.175. The molecule has 0 aliphatic carbocycles. The Kier molecular flexibility index (Phi) is 9.92. The van der Waals surface area contributed by atoms with Gasteiger partial charge in [-0.3, -0.25) is 4.79 Å². The lowest BCUT2D eigenvalue weighted by molar-refractivity contribution is -0.146. The van der Waals surface area contributed by atoms with Crippen LogP contribution in [0.25, 0.3) is 0 Å². The standard InChI is InChI=1S/C13H29N3O2/c1-2-3-4-5-6-7-12(17)18-11-13(8-14,9-15)10-16/h2-11,14-16H2,1H3. The molecule has 0 bridgehead atoms. The van der Waals surface area contributed by atoms with Crippen molar-refractivity contribution in [3.05, 3.63) is 0 Å². The molecular weight excluding hydrogens is 230 g/mol. The minimum atomic E-state index is -0.460. The van der Waals surface area contributed by atoms with E-state index in [4.69, 9.17) is 21.9 Å². The monoisotopic (exact) mass is 259 g/mol. The van der Waals surface area contributed by atoms with Gasteiger partial charge in [-0.1, -0.05) is 32.6 Å². The molecular formula is C13H29N3O2. The molecule has 18 heavy (non-hydrogen) atoms. The fourth-order valence-electron chi connectivity index (χ4n) is 1.61. The van der Waals surface area contributed by atoms with Crippen LogP contribution in [-0.2, 0) is 9.53 Å². The van der Waals surface area contributed by atoms with Crippen LogP contribution in [0.3, 0.4) is 0 Å². The fraction of sp³-hybridized carbons (Fsp3) is 0.923. The molecule has 0 heterocycles. The summed E-state index contributed by atoms with van der Waals surface area (Å²) in [6.07, 6.45) is 6.06. The molecule has 0 aliphatic rings. The molecule has 5 heteroatoms. The maximum absolute atomic E-state index is 11.5. The normalized spacial score (nSPS) is 11.6. The van der Waals surface area contributed by atoms with E-state index in [1.165, 1.54) is 19.3 Å². The average Bonchev–Trinajstić information content (AvgIpc) is 2.41. The van der Waals surface area contributed by atoms with Crippen molar-refractivity contribution in [3.8, 4) is 0 Å². The highest BCUT2D eigenvalue weighted by Crippen LogP contribution is 2.13. The van der Waals surface area contributed by atoms with E-state index in [2.05, 4.69) is 6.92 Å². The zero-order chi connectivity index (χ0) is 13.9. The van der Waals surface area contributed by atoms with Gasteiger partial charge in [-0.25, -0.2) is 0 Å². The SMILES string of the molecule is CCCCCCCC(=O)OCC(CN)(CN)CN. The molecule has 0 amide bonds. The van der Waals surface area contributed by atoms with E-state index in [-0.39, 0.29) is 12.6 Å². The van der Waals surface area contributed by atoms with E-state index in [0.29, 0.717) is 26.1 Å². The predicted octanol–water partition coefficient (Wildman–Crippen LogP) is 0.753. The van der Waals surface area contributed by atoms with Crippen molar-refractivity contribution in [2.75, 3.05) is 26.2 Å². The summed E-state index contributed by atoms with van der Waals surface area (Å²) < 4.78 is 5.21. The minimum Gasteiger partial charge on any atom is -0.465 e. The number of hydrogen-bond acceptors (Lipinski definition) is 5. The summed E-state index contributed by atoms with van der Waals surface area (Å²) in [7, 11) is 0. The van der Waals surface area contributed by atoms with Gasteiger partial charge in [0.15, 0.2) is 0 Å². The summed E-state index contributed by atoms with van der Waals surface area (Å²) in [5, 5.41) is 0. The number of nitrogens with two attached hydrogens (primary N) is 3. The highest BCUT2D eigenvalue weighted by Gasteiger charge is 2.27. The van der Waals surface area contributed by atoms with Gasteiger partial charge < -0.3 is 21.9 Å². The first-order valence-electron chi connectivity index (χ1n) is 6.90. The average molecular weight is 259 g/mol. The number of hydrogen-bond donors (Lipinski definition) is 3. The number of carbonyl (C=O) groups is 1. The van der Waals surface area contributed by atoms with Gasteiger partial charge in [0.1, 0.15) is 6.61 Å². The summed E-state index contributed by atoms with van der Waals surface area (Å²) >= 11 is 0. The largest absolute Gasteiger partial charge is 0.465 e. The highest BCUT2D eigenvalue weighted by molar-refractivity contribution is 5.69. The van der Waals surface area contributed by atoms with E-state index in [0.717, 1.165) is 12.8 Å². The van der Waals surface area contributed by atoms with E-state index >= 15 is 0 Å². The van der Waals surface area contributed by atoms with Crippen molar-refractivity contribution >= 4 is 5.97 Å². The van der Waals surface area contributed by atoms with Crippen LogP contribution in [0.2, 0.25) is 0 Å². The van der Waals surface area contributed by atoms with Crippen molar-refractivity contribution in [2.24, 2.45) is 22.6 Å². The molecule has 0 rings (SSSR count). The molecule has 5 nitrogen and oxygen atoms in total. The first-order chi connectivity index (χ1) is 8.64. The van der Waals surface area contributed by atoms with Gasteiger partial charge in [-0.2, -0.15) is 0 Å². The van der Waals surface area contributed by atoms with Crippen molar-refractivity contribution in [1.29, 1.82) is 0 Å². The molecule has 0 saturated heterocycles. The minimum absolute atomic E-state index is 0.175. The quantitative estimate of drug-likeness (QED) is 0.375. The summed E-state index contributed by atoms with van der Waals surface area (Å²) in [5.41, 5.74) is 16.4. The van der Waals surface area contributed by atoms with Crippen molar-refractivity contribution in [2.45, 2.75) is 45.4 Å². The zero-order valence-electron chi connectivity index (χ0n) is 11.6. The van der Waals surface area contributed by atoms with Crippen molar-refractivity contribution in [3.63, 3.8) is 0 Å². The molecule has 0 aromatic heterocycles. The lowest BCUT2D eigenvalue weighted by Crippen LogP contribution is -2.48. The predicted molar refractivity (Wildman–Crippen MR) is 73.9 cm³/mol. The molecule has 0 aliphatic heterocycles. The lowest BCUT2D eigenvalue weighted by atomic mass is 9.89. The van der Waals surface area contributed by atoms with Gasteiger partial charge in [0.2, 0.25) is 0 Å². The van der Waals surface area contributed by atoms with Gasteiger partial charge in [0, 0.05) is 31.5 Å². The smallest absolute Gasteiger partial charge is 0.305 e. The van der Waals surface area contributed by atoms with Crippen LogP contribution in [-0.4, -0.2) is 32.2 Å². The van der Waals surface area contributed by atoms with Gasteiger partial charge in [0.25, 0.3) is 0 Å². The molecule has 0 unspecified atom stereocenters. The Labute approximate surface area is 110 Å². The van der Waals surface area contributed by atoms with Crippen LogP contribution in [0.5, 0.6) is 0 Å². The molecule has 108 valence electrons. The topological polar surface area (TPSA) is 104 Å². The van der Waals surface area contributed by atoms with E-state index in [9.17, 15) is 4.79 Å². The highest BCUT2D eigenvalue weighted by atomic mass is 16.5. The first-order valence-corrected chi connectivity index (χ1v) is 6.90. The Balaban J connectivity index is 3.74. The van der Waals surface area contributed by atoms with Crippen LogP contribution in [0.4, 0.5) is 0 Å². The Morgan fingerprint density at radius 2 is 1.56 bits per heavy atom. The van der Waals surface area contributed by atoms with Crippen LogP contribution in [0, 0.1) is 5.41 Å². The van der Waals surface area contributed by atoms with Gasteiger partial charge in [-0.15, -0.1) is 0 Å². The fourth-order valence-corrected chi connectivity index (χ4v) is 1.61. The van der Waals surface area contributed by atoms with Gasteiger partial charge in [0.05, 0.1) is 0 Å². The second-order valence-corrected chi connectivity index (χ2v) is 4.94. The number of esters is 1. The number of rotatable bonds is 11. The third-order valence-corrected chi connectivity index (χ3v) is 3.32. The maximum atomic E-state index is 11.5. The molecule has 0 fully saturated rings. The third-order valence-electron chi connectivity index (χ3n) is 3.32. The second kappa shape index (κ2) is 10.3. The van der Waals surface area contributed by atoms with E-state index in [1.807, 2.05) is 0 Å². The molecule has 0 saturated carbocycles. The van der Waals surface area contributed by atoms with Crippen LogP contribution in [0.1, 0.15) is 45.4 Å². The second-order valence-electron chi connectivity index (χ2n) is 4.94. The molecule has 0 aromatic rings. The molecule has 6 N–H and O–H groups in total. The first kappa shape index (κ1) is 17.4. The summed E-state index contributed by atoms with van der Waals surface area (Å²) in [4.78, 5) is 11.5. The van der Waals surface area contributed by atoms with Crippen LogP contribution in [0.15, 0.2) is 0 Å². The number of ether oxygens (including phenoxy) is 1. The summed E-state index contributed by atoms with van der Waals surface area (Å²) in [6.45, 7) is 3.40. The maximum Gasteiger partial charge on any atom is 0.305 e. The molecule has 0 spiro atoms. The summed E-state index contributed by atoms with van der Waals surface area (Å²) in [6, 6.07) is 0. The lowest BCUT2D eigenvalue weighted by Gasteiger charge is -2.28. The van der Waals surface area contributed by atoms with E-state index in [1.54, 1.807) is 0 Å². The Hall–Kier alpha value is -0.650. The van der Waals surface area contributed by atoms with Crippen LogP contribution < -0.4 is 17.2 Å². The Morgan fingerprint density at radius 3 is 2.06 bits per heavy atom. The van der Waals surface area contributed by atoms with Gasteiger partial charge in [-0.05, 0) is 6.42 Å². The molecule has 0 radical (unpaired) electrons. The van der Waals surface area contributed by atoms with Crippen molar-refractivity contribution in [1.82, 2.24) is 0 Å². The zero-order valence-corrected chi connectivity index (χ0v) is 11.6. The molecule has 0 aromatic carbocycles. The Bertz CT molecular complexity index is 210. The van der Waals surface area contributed by atoms with Crippen molar-refractivity contribution < 1.29 is 9.53 Å². The number of unbranched alkanes of at least 4 members (excludes halogenated alkanes) is 4. The third kappa shape index (κ3) is 6.93. The Morgan fingerprint density at radius 1 is 1.00 bits per heavy atom. The number of carbonyl (C=O) groups excluding carboxylic acids is 1. The molecule has 0 atom stereocenters.